The fourth-order valence-electron chi connectivity index (χ4n) is 4.84. The van der Waals surface area contributed by atoms with Gasteiger partial charge in [0, 0.05) is 25.1 Å². The number of hydrogen-bond donors (Lipinski definition) is 1. The van der Waals surface area contributed by atoms with E-state index in [4.69, 9.17) is 4.74 Å². The van der Waals surface area contributed by atoms with Crippen LogP contribution < -0.4 is 4.72 Å². The molecule has 0 aliphatic carbocycles. The Morgan fingerprint density at radius 3 is 1.97 bits per heavy atom. The molecule has 0 aromatic carbocycles. The van der Waals surface area contributed by atoms with Crippen LogP contribution in [0.3, 0.4) is 0 Å². The first-order chi connectivity index (χ1) is 18.7. The molecule has 5 nitrogen and oxygen atoms in total. The smallest absolute Gasteiger partial charge is 0.306 e. The van der Waals surface area contributed by atoms with Gasteiger partial charge in [0.05, 0.1) is 0 Å². The van der Waals surface area contributed by atoms with Gasteiger partial charge < -0.3 is 14.4 Å². The third kappa shape index (κ3) is 27.0. The summed E-state index contributed by atoms with van der Waals surface area (Å²) in [6.45, 7) is 11.1. The number of nitrogens with zero attached hydrogens (tertiary/aromatic N) is 1. The van der Waals surface area contributed by atoms with Crippen LogP contribution in [0.1, 0.15) is 156 Å². The molecule has 1 atom stereocenters. The molecule has 1 N–H and O–H groups in total. The molecule has 0 radical (unpaired) electrons. The molecule has 0 aromatic rings. The molecule has 0 saturated heterocycles. The largest absolute Gasteiger partial charge is 0.462 e. The lowest BCUT2D eigenvalue weighted by Crippen LogP contribution is -2.28. The summed E-state index contributed by atoms with van der Waals surface area (Å²) in [5, 5.41) is 0. The molecule has 0 spiro atoms. The van der Waals surface area contributed by atoms with Crippen molar-refractivity contribution in [2.45, 2.75) is 162 Å². The molecule has 0 bridgehead atoms. The summed E-state index contributed by atoms with van der Waals surface area (Å²) in [5.74, 6) is 1.18. The lowest BCUT2D eigenvalue weighted by Gasteiger charge is -2.22. The molecule has 0 saturated carbocycles. The second-order valence-electron chi connectivity index (χ2n) is 10.9. The van der Waals surface area contributed by atoms with E-state index in [1.165, 1.54) is 115 Å². The van der Waals surface area contributed by atoms with E-state index in [1.807, 2.05) is 11.9 Å². The van der Waals surface area contributed by atoms with Gasteiger partial charge >= 0.3 is 5.97 Å². The van der Waals surface area contributed by atoms with E-state index in [0.29, 0.717) is 6.42 Å². The van der Waals surface area contributed by atoms with Crippen LogP contribution in [0, 0.1) is 0 Å². The van der Waals surface area contributed by atoms with Gasteiger partial charge in [-0.25, -0.2) is 0 Å². The maximum atomic E-state index is 12.3. The van der Waals surface area contributed by atoms with E-state index < -0.39 is 0 Å². The number of rotatable bonds is 31. The Balaban J connectivity index is 3.94. The summed E-state index contributed by atoms with van der Waals surface area (Å²) in [6, 6.07) is 0. The minimum Gasteiger partial charge on any atom is -0.462 e. The summed E-state index contributed by atoms with van der Waals surface area (Å²) >= 11 is 1.84. The Bertz CT molecular complexity index is 507. The molecule has 0 fully saturated rings. The van der Waals surface area contributed by atoms with E-state index in [1.54, 1.807) is 0 Å². The molecular formula is C32H64N2O3S. The second kappa shape index (κ2) is 30.9. The predicted molar refractivity (Wildman–Crippen MR) is 167 cm³/mol. The van der Waals surface area contributed by atoms with Crippen LogP contribution in [-0.2, 0) is 14.3 Å². The van der Waals surface area contributed by atoms with Crippen LogP contribution in [0.25, 0.3) is 0 Å². The Labute approximate surface area is 241 Å². The molecule has 1 unspecified atom stereocenters. The van der Waals surface area contributed by atoms with Gasteiger partial charge in [-0.05, 0) is 71.0 Å². The third-order valence-electron chi connectivity index (χ3n) is 7.25. The molecule has 0 aliphatic heterocycles. The number of ether oxygens (including phenoxy) is 1. The van der Waals surface area contributed by atoms with Gasteiger partial charge in [0.2, 0.25) is 0 Å². The number of esters is 1. The first-order valence-corrected chi connectivity index (χ1v) is 17.4. The van der Waals surface area contributed by atoms with Gasteiger partial charge in [0.15, 0.2) is 0 Å². The third-order valence-corrected chi connectivity index (χ3v) is 8.24. The van der Waals surface area contributed by atoms with Crippen molar-refractivity contribution in [3.8, 4) is 0 Å². The van der Waals surface area contributed by atoms with Crippen molar-refractivity contribution < 1.29 is 14.3 Å². The van der Waals surface area contributed by atoms with Crippen LogP contribution in [-0.4, -0.2) is 55.2 Å². The highest BCUT2D eigenvalue weighted by Crippen LogP contribution is 2.15. The highest BCUT2D eigenvalue weighted by atomic mass is 32.2. The standard InChI is InChI=1S/C32H64N2O3S/c1-4-7-8-9-13-18-24-31(5-2)37-32(36)25-19-14-12-16-21-27-34(28-23-30-38-33-6-3)26-20-15-10-11-17-22-29-35/h29,31,33H,4-28,30H2,1-3H3. The number of aldehydes is 1. The average molecular weight is 557 g/mol. The fraction of sp³-hybridized carbons (Fsp3) is 0.938. The molecule has 6 heteroatoms. The molecular weight excluding hydrogens is 492 g/mol. The number of nitrogens with one attached hydrogen (secondary N) is 1. The van der Waals surface area contributed by atoms with Gasteiger partial charge in [0.1, 0.15) is 12.4 Å². The quantitative estimate of drug-likeness (QED) is 0.0398. The summed E-state index contributed by atoms with van der Waals surface area (Å²) in [6.07, 6.45) is 25.2. The Hall–Kier alpha value is -0.590. The molecule has 0 aromatic heterocycles. The van der Waals surface area contributed by atoms with Crippen LogP contribution in [0.4, 0.5) is 0 Å². The molecule has 38 heavy (non-hydrogen) atoms. The number of hydrogen-bond acceptors (Lipinski definition) is 6. The zero-order valence-electron chi connectivity index (χ0n) is 25.6. The van der Waals surface area contributed by atoms with E-state index in [-0.39, 0.29) is 12.1 Å². The van der Waals surface area contributed by atoms with Crippen molar-refractivity contribution in [2.24, 2.45) is 0 Å². The van der Waals surface area contributed by atoms with Gasteiger partial charge in [-0.2, -0.15) is 0 Å². The normalized spacial score (nSPS) is 12.2. The van der Waals surface area contributed by atoms with Crippen molar-refractivity contribution in [3.63, 3.8) is 0 Å². The first kappa shape index (κ1) is 37.4. The molecule has 0 rings (SSSR count). The van der Waals surface area contributed by atoms with Crippen molar-refractivity contribution in [3.05, 3.63) is 0 Å². The monoisotopic (exact) mass is 556 g/mol. The Kier molecular flexibility index (Phi) is 30.5. The fourth-order valence-corrected chi connectivity index (χ4v) is 5.46. The summed E-state index contributed by atoms with van der Waals surface area (Å²) in [7, 11) is 0. The second-order valence-corrected chi connectivity index (χ2v) is 11.8. The Morgan fingerprint density at radius 1 is 0.763 bits per heavy atom. The number of carbonyl (C=O) groups excluding carboxylic acids is 2. The van der Waals surface area contributed by atoms with E-state index in [0.717, 1.165) is 51.4 Å². The zero-order valence-corrected chi connectivity index (χ0v) is 26.4. The van der Waals surface area contributed by atoms with E-state index in [2.05, 4.69) is 30.4 Å². The molecule has 0 heterocycles. The number of carbonyl (C=O) groups is 2. The van der Waals surface area contributed by atoms with Crippen molar-refractivity contribution in [1.82, 2.24) is 9.62 Å². The molecule has 226 valence electrons. The lowest BCUT2D eigenvalue weighted by atomic mass is 10.1. The summed E-state index contributed by atoms with van der Waals surface area (Å²) in [5.41, 5.74) is 0. The van der Waals surface area contributed by atoms with Crippen molar-refractivity contribution in [1.29, 1.82) is 0 Å². The number of unbranched alkanes of at least 4 members (excludes halogenated alkanes) is 14. The van der Waals surface area contributed by atoms with E-state index >= 15 is 0 Å². The van der Waals surface area contributed by atoms with Crippen molar-refractivity contribution in [2.75, 3.05) is 31.9 Å². The van der Waals surface area contributed by atoms with Gasteiger partial charge in [-0.3, -0.25) is 9.52 Å². The minimum atomic E-state index is 0.00981. The highest BCUT2D eigenvalue weighted by molar-refractivity contribution is 7.97. The molecule has 0 amide bonds. The maximum absolute atomic E-state index is 12.3. The highest BCUT2D eigenvalue weighted by Gasteiger charge is 2.12. The van der Waals surface area contributed by atoms with Gasteiger partial charge in [-0.15, -0.1) is 0 Å². The van der Waals surface area contributed by atoms with E-state index in [9.17, 15) is 9.59 Å². The SMILES string of the molecule is CCCCCCCCC(CC)OC(=O)CCCCCCCN(CCCCCCCC=O)CCCSNCC. The average Bonchev–Trinajstić information content (AvgIpc) is 2.92. The van der Waals surface area contributed by atoms with Gasteiger partial charge in [-0.1, -0.05) is 103 Å². The molecule has 0 aliphatic rings. The van der Waals surface area contributed by atoms with Crippen LogP contribution in [0.15, 0.2) is 0 Å². The van der Waals surface area contributed by atoms with Crippen LogP contribution >= 0.6 is 11.9 Å². The maximum Gasteiger partial charge on any atom is 0.306 e. The summed E-state index contributed by atoms with van der Waals surface area (Å²) in [4.78, 5) is 25.4. The minimum absolute atomic E-state index is 0.00981. The first-order valence-electron chi connectivity index (χ1n) is 16.4. The van der Waals surface area contributed by atoms with Crippen LogP contribution in [0.5, 0.6) is 0 Å². The van der Waals surface area contributed by atoms with Crippen LogP contribution in [0.2, 0.25) is 0 Å². The van der Waals surface area contributed by atoms with Gasteiger partial charge in [0.25, 0.3) is 0 Å². The Morgan fingerprint density at radius 2 is 1.34 bits per heavy atom. The predicted octanol–water partition coefficient (Wildman–Crippen LogP) is 8.89. The lowest BCUT2D eigenvalue weighted by molar-refractivity contribution is -0.149. The van der Waals surface area contributed by atoms with Crippen molar-refractivity contribution >= 4 is 24.2 Å². The zero-order chi connectivity index (χ0) is 27.9. The topological polar surface area (TPSA) is 58.6 Å². The summed E-state index contributed by atoms with van der Waals surface area (Å²) < 4.78 is 9.10.